The Morgan fingerprint density at radius 2 is 2.05 bits per heavy atom. The maximum atomic E-state index is 12.8. The Hall–Kier alpha value is -1.78. The number of hydrogen-bond donors (Lipinski definition) is 0. The van der Waals surface area contributed by atoms with Crippen molar-refractivity contribution >= 4 is 16.7 Å². The second-order valence-electron chi connectivity index (χ2n) is 5.89. The standard InChI is InChI=1S/C17H21N3O/c1-19-8-5-9-20(2)16(12-19)17(21)14-10-13-6-3-4-7-15(13)18-11-14/h3-4,6-7,10-11,16H,5,8-9,12H2,1-2H3. The van der Waals surface area contributed by atoms with E-state index in [0.29, 0.717) is 5.56 Å². The van der Waals surface area contributed by atoms with Gasteiger partial charge in [-0.15, -0.1) is 0 Å². The normalized spacial score (nSPS) is 21.3. The summed E-state index contributed by atoms with van der Waals surface area (Å²) < 4.78 is 0. The van der Waals surface area contributed by atoms with E-state index in [1.165, 1.54) is 0 Å². The molecule has 2 heterocycles. The SMILES string of the molecule is CN1CCCN(C)C(C(=O)c2cnc3ccccc3c2)C1. The lowest BCUT2D eigenvalue weighted by atomic mass is 10.0. The van der Waals surface area contributed by atoms with Gasteiger partial charge in [-0.05, 0) is 45.7 Å². The number of rotatable bonds is 2. The Balaban J connectivity index is 1.91. The largest absolute Gasteiger partial charge is 0.304 e. The monoisotopic (exact) mass is 283 g/mol. The van der Waals surface area contributed by atoms with Crippen molar-refractivity contribution in [2.75, 3.05) is 33.7 Å². The van der Waals surface area contributed by atoms with E-state index in [0.717, 1.165) is 37.0 Å². The van der Waals surface area contributed by atoms with Crippen LogP contribution in [0.5, 0.6) is 0 Å². The second kappa shape index (κ2) is 5.92. The van der Waals surface area contributed by atoms with Gasteiger partial charge in [-0.2, -0.15) is 0 Å². The molecular formula is C17H21N3O. The van der Waals surface area contributed by atoms with Crippen LogP contribution < -0.4 is 0 Å². The molecule has 1 unspecified atom stereocenters. The van der Waals surface area contributed by atoms with Gasteiger partial charge in [0.2, 0.25) is 0 Å². The molecule has 1 fully saturated rings. The lowest BCUT2D eigenvalue weighted by Gasteiger charge is -2.26. The Kier molecular flexibility index (Phi) is 3.99. The minimum Gasteiger partial charge on any atom is -0.304 e. The third-order valence-electron chi connectivity index (χ3n) is 4.24. The van der Waals surface area contributed by atoms with Crippen molar-refractivity contribution in [1.29, 1.82) is 0 Å². The summed E-state index contributed by atoms with van der Waals surface area (Å²) in [5.74, 6) is 0.171. The highest BCUT2D eigenvalue weighted by molar-refractivity contribution is 6.02. The number of aromatic nitrogens is 1. The van der Waals surface area contributed by atoms with Gasteiger partial charge >= 0.3 is 0 Å². The first-order chi connectivity index (χ1) is 10.1. The molecule has 0 N–H and O–H groups in total. The Morgan fingerprint density at radius 3 is 2.90 bits per heavy atom. The van der Waals surface area contributed by atoms with Crippen molar-refractivity contribution in [2.45, 2.75) is 12.5 Å². The molecule has 1 saturated heterocycles. The van der Waals surface area contributed by atoms with Crippen molar-refractivity contribution in [3.63, 3.8) is 0 Å². The molecule has 1 atom stereocenters. The van der Waals surface area contributed by atoms with Crippen LogP contribution >= 0.6 is 0 Å². The molecule has 1 aliphatic heterocycles. The first-order valence-corrected chi connectivity index (χ1v) is 7.43. The van der Waals surface area contributed by atoms with Crippen LogP contribution in [-0.2, 0) is 0 Å². The highest BCUT2D eigenvalue weighted by Gasteiger charge is 2.28. The van der Waals surface area contributed by atoms with Crippen LogP contribution in [0.2, 0.25) is 0 Å². The third-order valence-corrected chi connectivity index (χ3v) is 4.24. The number of benzene rings is 1. The van der Waals surface area contributed by atoms with Crippen molar-refractivity contribution in [3.05, 3.63) is 42.1 Å². The van der Waals surface area contributed by atoms with E-state index < -0.39 is 0 Å². The molecule has 3 rings (SSSR count). The highest BCUT2D eigenvalue weighted by Crippen LogP contribution is 2.17. The molecule has 0 radical (unpaired) electrons. The van der Waals surface area contributed by atoms with Crippen LogP contribution in [0.15, 0.2) is 36.5 Å². The lowest BCUT2D eigenvalue weighted by Crippen LogP contribution is -2.43. The molecule has 110 valence electrons. The van der Waals surface area contributed by atoms with E-state index in [2.05, 4.69) is 21.8 Å². The fourth-order valence-electron chi connectivity index (χ4n) is 2.95. The minimum atomic E-state index is -0.0829. The summed E-state index contributed by atoms with van der Waals surface area (Å²) in [6.07, 6.45) is 2.82. The number of likely N-dealkylation sites (N-methyl/N-ethyl adjacent to an activating group) is 2. The van der Waals surface area contributed by atoms with E-state index >= 15 is 0 Å². The summed E-state index contributed by atoms with van der Waals surface area (Å²) in [5, 5.41) is 1.02. The summed E-state index contributed by atoms with van der Waals surface area (Å²) in [4.78, 5) is 21.7. The molecule has 0 saturated carbocycles. The number of hydrogen-bond acceptors (Lipinski definition) is 4. The number of ketones is 1. The van der Waals surface area contributed by atoms with E-state index in [9.17, 15) is 4.79 Å². The molecular weight excluding hydrogens is 262 g/mol. The Labute approximate surface area is 125 Å². The van der Waals surface area contributed by atoms with Gasteiger partial charge in [-0.1, -0.05) is 18.2 Å². The zero-order chi connectivity index (χ0) is 14.8. The minimum absolute atomic E-state index is 0.0829. The van der Waals surface area contributed by atoms with Crippen LogP contribution in [0, 0.1) is 0 Å². The van der Waals surface area contributed by atoms with Gasteiger partial charge in [0.1, 0.15) is 0 Å². The average Bonchev–Trinajstić information content (AvgIpc) is 2.67. The number of nitrogens with zero attached hydrogens (tertiary/aromatic N) is 3. The maximum absolute atomic E-state index is 12.8. The number of fused-ring (bicyclic) bond motifs is 1. The summed E-state index contributed by atoms with van der Waals surface area (Å²) in [7, 11) is 4.12. The third kappa shape index (κ3) is 2.96. The smallest absolute Gasteiger partial charge is 0.182 e. The molecule has 1 aromatic heterocycles. The summed E-state index contributed by atoms with van der Waals surface area (Å²) in [6, 6.07) is 9.79. The molecule has 21 heavy (non-hydrogen) atoms. The number of Topliss-reactive ketones (excluding diaryl/α,β-unsaturated/α-hetero) is 1. The quantitative estimate of drug-likeness (QED) is 0.791. The predicted octanol–water partition coefficient (Wildman–Crippen LogP) is 2.05. The van der Waals surface area contributed by atoms with Crippen LogP contribution in [0.3, 0.4) is 0 Å². The molecule has 1 aliphatic rings. The van der Waals surface area contributed by atoms with E-state index in [1.807, 2.05) is 37.4 Å². The number of pyridine rings is 1. The van der Waals surface area contributed by atoms with Gasteiger partial charge in [0.05, 0.1) is 11.6 Å². The van der Waals surface area contributed by atoms with E-state index in [-0.39, 0.29) is 11.8 Å². The van der Waals surface area contributed by atoms with Gasteiger partial charge in [0.15, 0.2) is 5.78 Å². The first-order valence-electron chi connectivity index (χ1n) is 7.43. The lowest BCUT2D eigenvalue weighted by molar-refractivity contribution is 0.0839. The van der Waals surface area contributed by atoms with Crippen molar-refractivity contribution in [3.8, 4) is 0 Å². The fraction of sp³-hybridized carbons (Fsp3) is 0.412. The Morgan fingerprint density at radius 1 is 1.24 bits per heavy atom. The molecule has 0 bridgehead atoms. The van der Waals surface area contributed by atoms with Crippen molar-refractivity contribution < 1.29 is 4.79 Å². The van der Waals surface area contributed by atoms with Crippen molar-refractivity contribution in [2.24, 2.45) is 0 Å². The average molecular weight is 283 g/mol. The number of para-hydroxylation sites is 1. The first kappa shape index (κ1) is 14.2. The molecule has 0 spiro atoms. The zero-order valence-electron chi connectivity index (χ0n) is 12.6. The molecule has 4 heteroatoms. The number of carbonyl (C=O) groups excluding carboxylic acids is 1. The Bertz CT molecular complexity index is 655. The van der Waals surface area contributed by atoms with Gasteiger partial charge in [-0.3, -0.25) is 14.7 Å². The van der Waals surface area contributed by atoms with E-state index in [1.54, 1.807) is 6.20 Å². The summed E-state index contributed by atoms with van der Waals surface area (Å²) in [5.41, 5.74) is 1.64. The van der Waals surface area contributed by atoms with Crippen molar-refractivity contribution in [1.82, 2.24) is 14.8 Å². The highest BCUT2D eigenvalue weighted by atomic mass is 16.1. The van der Waals surface area contributed by atoms with Crippen LogP contribution in [0.4, 0.5) is 0 Å². The molecule has 4 nitrogen and oxygen atoms in total. The van der Waals surface area contributed by atoms with Crippen LogP contribution in [-0.4, -0.2) is 60.3 Å². The topological polar surface area (TPSA) is 36.4 Å². The van der Waals surface area contributed by atoms with Gasteiger partial charge < -0.3 is 4.90 Å². The number of carbonyl (C=O) groups is 1. The second-order valence-corrected chi connectivity index (χ2v) is 5.89. The zero-order valence-corrected chi connectivity index (χ0v) is 12.6. The van der Waals surface area contributed by atoms with Gasteiger partial charge in [-0.25, -0.2) is 0 Å². The molecule has 0 amide bonds. The van der Waals surface area contributed by atoms with Gasteiger partial charge in [0, 0.05) is 23.7 Å². The summed E-state index contributed by atoms with van der Waals surface area (Å²) in [6.45, 7) is 2.79. The maximum Gasteiger partial charge on any atom is 0.182 e. The van der Waals surface area contributed by atoms with E-state index in [4.69, 9.17) is 0 Å². The predicted molar refractivity (Wildman–Crippen MR) is 84.6 cm³/mol. The molecule has 2 aromatic rings. The molecule has 0 aliphatic carbocycles. The summed E-state index contributed by atoms with van der Waals surface area (Å²) >= 11 is 0. The van der Waals surface area contributed by atoms with Gasteiger partial charge in [0.25, 0.3) is 0 Å². The fourth-order valence-corrected chi connectivity index (χ4v) is 2.95. The van der Waals surface area contributed by atoms with Crippen LogP contribution in [0.1, 0.15) is 16.8 Å². The molecule has 1 aromatic carbocycles. The van der Waals surface area contributed by atoms with Crippen LogP contribution in [0.25, 0.3) is 10.9 Å².